The first-order valence-corrected chi connectivity index (χ1v) is 10.4. The first-order chi connectivity index (χ1) is 14.9. The number of allylic oxidation sites excluding steroid dienone is 4. The fourth-order valence-corrected chi connectivity index (χ4v) is 3.34. The van der Waals surface area contributed by atoms with Crippen molar-refractivity contribution in [3.05, 3.63) is 94.3 Å². The summed E-state index contributed by atoms with van der Waals surface area (Å²) in [4.78, 5) is 28.1. The first-order valence-electron chi connectivity index (χ1n) is 10.0. The van der Waals surface area contributed by atoms with Crippen LogP contribution in [0.1, 0.15) is 52.2 Å². The predicted octanol–water partition coefficient (Wildman–Crippen LogP) is 4.02. The number of nitrogens with two attached hydrogens (primary N) is 1. The van der Waals surface area contributed by atoms with Crippen LogP contribution in [0.2, 0.25) is 0 Å². The minimum atomic E-state index is -0.546. The van der Waals surface area contributed by atoms with Gasteiger partial charge >= 0.3 is 0 Å². The van der Waals surface area contributed by atoms with Crippen LogP contribution >= 0.6 is 11.6 Å². The van der Waals surface area contributed by atoms with Crippen molar-refractivity contribution in [1.29, 1.82) is 0 Å². The molecule has 2 rings (SSSR count). The van der Waals surface area contributed by atoms with Gasteiger partial charge < -0.3 is 21.1 Å². The molecule has 5 N–H and O–H groups in total. The van der Waals surface area contributed by atoms with Gasteiger partial charge in [-0.15, -0.1) is 0 Å². The van der Waals surface area contributed by atoms with Gasteiger partial charge in [0, 0.05) is 29.8 Å². The van der Waals surface area contributed by atoms with Crippen molar-refractivity contribution < 1.29 is 14.7 Å². The zero-order chi connectivity index (χ0) is 22.8. The number of aliphatic hydroxyl groups excluding tert-OH is 1. The van der Waals surface area contributed by atoms with Gasteiger partial charge in [-0.05, 0) is 35.3 Å². The van der Waals surface area contributed by atoms with E-state index in [1.807, 2.05) is 37.3 Å². The van der Waals surface area contributed by atoms with Crippen molar-refractivity contribution >= 4 is 23.3 Å². The van der Waals surface area contributed by atoms with Gasteiger partial charge in [0.15, 0.2) is 5.78 Å². The summed E-state index contributed by atoms with van der Waals surface area (Å²) in [5.74, 6) is -0.596. The SMILES string of the molecule is C=C/C(=C\C(Cl)=C(/CC)CN)CC(=O)c1c[nH]c(C(=O)NC(CO)c2ccccc2)c1. The number of ketones is 1. The maximum atomic E-state index is 12.7. The van der Waals surface area contributed by atoms with Gasteiger partial charge in [-0.25, -0.2) is 0 Å². The molecule has 1 heterocycles. The van der Waals surface area contributed by atoms with E-state index in [0.717, 1.165) is 17.6 Å². The summed E-state index contributed by atoms with van der Waals surface area (Å²) in [6, 6.07) is 10.1. The summed E-state index contributed by atoms with van der Waals surface area (Å²) < 4.78 is 0. The zero-order valence-electron chi connectivity index (χ0n) is 17.5. The second-order valence-corrected chi connectivity index (χ2v) is 7.36. The number of nitrogens with one attached hydrogen (secondary N) is 2. The summed E-state index contributed by atoms with van der Waals surface area (Å²) in [5, 5.41) is 12.9. The Morgan fingerprint density at radius 2 is 2.03 bits per heavy atom. The highest BCUT2D eigenvalue weighted by molar-refractivity contribution is 6.31. The van der Waals surface area contributed by atoms with Gasteiger partial charge in [0.25, 0.3) is 5.91 Å². The van der Waals surface area contributed by atoms with E-state index in [9.17, 15) is 14.7 Å². The molecule has 2 aromatic rings. The van der Waals surface area contributed by atoms with Crippen LogP contribution in [0.4, 0.5) is 0 Å². The quantitative estimate of drug-likeness (QED) is 0.312. The van der Waals surface area contributed by atoms with Gasteiger partial charge in [0.1, 0.15) is 5.69 Å². The minimum absolute atomic E-state index is 0.0868. The highest BCUT2D eigenvalue weighted by Crippen LogP contribution is 2.20. The highest BCUT2D eigenvalue weighted by atomic mass is 35.5. The molecule has 1 unspecified atom stereocenters. The molecule has 164 valence electrons. The molecule has 31 heavy (non-hydrogen) atoms. The van der Waals surface area contributed by atoms with E-state index in [1.54, 1.807) is 12.2 Å². The van der Waals surface area contributed by atoms with Crippen LogP contribution in [0.25, 0.3) is 0 Å². The number of rotatable bonds is 11. The summed E-state index contributed by atoms with van der Waals surface area (Å²) in [6.07, 6.45) is 5.57. The average molecular weight is 442 g/mol. The van der Waals surface area contributed by atoms with E-state index in [-0.39, 0.29) is 24.5 Å². The third-order valence-corrected chi connectivity index (χ3v) is 5.27. The van der Waals surface area contributed by atoms with Gasteiger partial charge in [-0.1, -0.05) is 61.5 Å². The van der Waals surface area contributed by atoms with Gasteiger partial charge in [0.2, 0.25) is 0 Å². The van der Waals surface area contributed by atoms with Crippen LogP contribution in [0.15, 0.2) is 77.5 Å². The Morgan fingerprint density at radius 1 is 1.32 bits per heavy atom. The van der Waals surface area contributed by atoms with E-state index in [2.05, 4.69) is 16.9 Å². The Bertz CT molecular complexity index is 971. The minimum Gasteiger partial charge on any atom is -0.394 e. The largest absolute Gasteiger partial charge is 0.394 e. The fraction of sp³-hybridized carbons (Fsp3) is 0.250. The average Bonchev–Trinajstić information content (AvgIpc) is 3.29. The van der Waals surface area contributed by atoms with Crippen molar-refractivity contribution in [2.24, 2.45) is 5.73 Å². The van der Waals surface area contributed by atoms with E-state index in [4.69, 9.17) is 17.3 Å². The normalized spacial score (nSPS) is 13.4. The highest BCUT2D eigenvalue weighted by Gasteiger charge is 2.18. The zero-order valence-corrected chi connectivity index (χ0v) is 18.3. The number of hydrogen-bond donors (Lipinski definition) is 4. The smallest absolute Gasteiger partial charge is 0.268 e. The maximum Gasteiger partial charge on any atom is 0.268 e. The lowest BCUT2D eigenvalue weighted by Crippen LogP contribution is -2.30. The molecule has 0 aliphatic heterocycles. The maximum absolute atomic E-state index is 12.7. The Balaban J connectivity index is 2.10. The Hall–Kier alpha value is -2.93. The van der Waals surface area contributed by atoms with Crippen LogP contribution < -0.4 is 11.1 Å². The number of carbonyl (C=O) groups excluding carboxylic acids is 2. The molecule has 7 heteroatoms. The molecule has 1 aromatic heterocycles. The lowest BCUT2D eigenvalue weighted by atomic mass is 10.0. The summed E-state index contributed by atoms with van der Waals surface area (Å²) >= 11 is 6.29. The Labute approximate surface area is 187 Å². The number of aromatic amines is 1. The van der Waals surface area contributed by atoms with E-state index in [1.165, 1.54) is 12.3 Å². The van der Waals surface area contributed by atoms with Crippen LogP contribution in [0, 0.1) is 0 Å². The second kappa shape index (κ2) is 12.1. The van der Waals surface area contributed by atoms with Gasteiger partial charge in [0.05, 0.1) is 12.6 Å². The van der Waals surface area contributed by atoms with E-state index >= 15 is 0 Å². The third kappa shape index (κ3) is 6.79. The van der Waals surface area contributed by atoms with Crippen molar-refractivity contribution in [2.45, 2.75) is 25.8 Å². The molecule has 0 radical (unpaired) electrons. The van der Waals surface area contributed by atoms with Gasteiger partial charge in [-0.3, -0.25) is 9.59 Å². The third-order valence-electron chi connectivity index (χ3n) is 4.89. The summed E-state index contributed by atoms with van der Waals surface area (Å²) in [5.41, 5.74) is 8.63. The predicted molar refractivity (Wildman–Crippen MR) is 124 cm³/mol. The Kier molecular flexibility index (Phi) is 9.46. The monoisotopic (exact) mass is 441 g/mol. The molecule has 1 atom stereocenters. The number of carbonyl (C=O) groups is 2. The number of hydrogen-bond acceptors (Lipinski definition) is 4. The van der Waals surface area contributed by atoms with Crippen molar-refractivity contribution in [3.8, 4) is 0 Å². The molecule has 1 aromatic carbocycles. The molecule has 1 amide bonds. The van der Waals surface area contributed by atoms with Crippen molar-refractivity contribution in [3.63, 3.8) is 0 Å². The number of aromatic nitrogens is 1. The molecule has 0 bridgehead atoms. The Morgan fingerprint density at radius 3 is 2.61 bits per heavy atom. The fourth-order valence-electron chi connectivity index (χ4n) is 2.99. The summed E-state index contributed by atoms with van der Waals surface area (Å²) in [6.45, 7) is 5.81. The van der Waals surface area contributed by atoms with Crippen LogP contribution in [0.5, 0.6) is 0 Å². The molecule has 0 aliphatic rings. The summed E-state index contributed by atoms with van der Waals surface area (Å²) in [7, 11) is 0. The molecular weight excluding hydrogens is 414 g/mol. The molecule has 0 fully saturated rings. The number of halogens is 1. The van der Waals surface area contributed by atoms with Crippen molar-refractivity contribution in [1.82, 2.24) is 10.3 Å². The second-order valence-electron chi connectivity index (χ2n) is 6.95. The molecule has 0 saturated heterocycles. The number of H-pyrrole nitrogens is 1. The first kappa shape index (κ1) is 24.3. The van der Waals surface area contributed by atoms with Crippen LogP contribution in [0.3, 0.4) is 0 Å². The molecular formula is C24H28ClN3O3. The molecule has 0 saturated carbocycles. The van der Waals surface area contributed by atoms with Gasteiger partial charge in [-0.2, -0.15) is 0 Å². The van der Waals surface area contributed by atoms with Crippen molar-refractivity contribution in [2.75, 3.05) is 13.2 Å². The molecule has 6 nitrogen and oxygen atoms in total. The number of aliphatic hydroxyl groups is 1. The number of Topliss-reactive ketones (excluding diaryl/α,β-unsaturated/α-hetero) is 1. The van der Waals surface area contributed by atoms with Crippen LogP contribution in [-0.2, 0) is 0 Å². The molecule has 0 spiro atoms. The molecule has 0 aliphatic carbocycles. The van der Waals surface area contributed by atoms with E-state index in [0.29, 0.717) is 22.7 Å². The van der Waals surface area contributed by atoms with Crippen LogP contribution in [-0.4, -0.2) is 34.9 Å². The number of amides is 1. The topological polar surface area (TPSA) is 108 Å². The lowest BCUT2D eigenvalue weighted by molar-refractivity contribution is 0.0911. The number of benzene rings is 1. The standard InChI is InChI=1S/C24H28ClN3O3/c1-3-16(10-20(25)17(4-2)13-26)11-23(30)19-12-21(27-14-19)24(31)28-22(15-29)18-8-6-5-7-9-18/h3,5-10,12,14,22,27,29H,1,4,11,13,15,26H2,2H3,(H,28,31)/b16-10+,20-17-. The lowest BCUT2D eigenvalue weighted by Gasteiger charge is -2.16. The van der Waals surface area contributed by atoms with E-state index < -0.39 is 11.9 Å².